The highest BCUT2D eigenvalue weighted by atomic mass is 16.6. The predicted octanol–water partition coefficient (Wildman–Crippen LogP) is 5.47. The van der Waals surface area contributed by atoms with Crippen molar-refractivity contribution in [2.45, 2.75) is 65.0 Å². The van der Waals surface area contributed by atoms with Crippen LogP contribution >= 0.6 is 0 Å². The number of aromatic hydroxyl groups is 1. The summed E-state index contributed by atoms with van der Waals surface area (Å²) in [6.45, 7) is 7.02. The average Bonchev–Trinajstić information content (AvgIpc) is 3.06. The Bertz CT molecular complexity index is 1560. The highest BCUT2D eigenvalue weighted by Crippen LogP contribution is 2.43. The van der Waals surface area contributed by atoms with Gasteiger partial charge in [0.05, 0.1) is 30.7 Å². The number of phenolic OH excluding ortho intramolecular Hbond substituents is 1. The number of nitrogens with two attached hydrogens (primary N) is 1. The van der Waals surface area contributed by atoms with Gasteiger partial charge in [0, 0.05) is 31.3 Å². The van der Waals surface area contributed by atoms with Crippen LogP contribution in [0.25, 0.3) is 0 Å². The molecular weight excluding hydrogens is 634 g/mol. The van der Waals surface area contributed by atoms with Crippen LogP contribution in [-0.2, 0) is 25.4 Å². The van der Waals surface area contributed by atoms with Crippen LogP contribution in [0, 0.1) is 11.8 Å². The lowest BCUT2D eigenvalue weighted by atomic mass is 9.87. The number of methoxy groups -OCH3 is 3. The Kier molecular flexibility index (Phi) is 14.2. The zero-order valence-corrected chi connectivity index (χ0v) is 28.9. The van der Waals surface area contributed by atoms with E-state index in [2.05, 4.69) is 10.6 Å². The highest BCUT2D eigenvalue weighted by Gasteiger charge is 2.30. The Hall–Kier alpha value is -4.85. The van der Waals surface area contributed by atoms with E-state index in [9.17, 15) is 24.6 Å². The number of hydrogen-bond donors (Lipinski definition) is 5. The number of aliphatic hydroxyl groups excluding tert-OH is 1. The molecule has 0 saturated carbocycles. The minimum atomic E-state index is -1.01. The molecule has 13 nitrogen and oxygen atoms in total. The molecule has 0 fully saturated rings. The number of carbonyl (C=O) groups is 3. The van der Waals surface area contributed by atoms with Crippen LogP contribution in [0.5, 0.6) is 17.2 Å². The first kappa shape index (κ1) is 38.6. The molecule has 2 bridgehead atoms. The molecule has 1 heterocycles. The van der Waals surface area contributed by atoms with Crippen molar-refractivity contribution in [3.05, 3.63) is 77.4 Å². The quantitative estimate of drug-likeness (QED) is 0.149. The number of ether oxygens (including phenoxy) is 5. The standard InChI is InChI=1S/C36H47N3O10/c1-20-16-25-31(41)26(19-27(33(25)47-7)39-36(44)48-24-13-9-8-10-14-24)38-34(42)21(2)12-11-15-28(45-5)32(49-35(37)43)23(4)18-22(3)30(40)29(17-20)46-6/h8-15,18-20,22,28-30,32,40-41H,16-17H2,1-7H3,(H2,37,43)(H,38,42)(H,39,44)/b15-11-,21-12+,23-18+/t20-,22+,28+,29+,30-,32+/m1/s1. The summed E-state index contributed by atoms with van der Waals surface area (Å²) < 4.78 is 27.8. The summed E-state index contributed by atoms with van der Waals surface area (Å²) in [5.41, 5.74) is 6.69. The third-order valence-corrected chi connectivity index (χ3v) is 8.19. The van der Waals surface area contributed by atoms with E-state index < -0.39 is 48.4 Å². The van der Waals surface area contributed by atoms with Crippen molar-refractivity contribution in [2.24, 2.45) is 17.6 Å². The molecule has 0 aliphatic carbocycles. The van der Waals surface area contributed by atoms with Crippen LogP contribution in [0.1, 0.15) is 39.7 Å². The molecule has 6 N–H and O–H groups in total. The van der Waals surface area contributed by atoms with E-state index in [0.717, 1.165) is 0 Å². The molecule has 0 spiro atoms. The second-order valence-electron chi connectivity index (χ2n) is 12.0. The van der Waals surface area contributed by atoms with Gasteiger partial charge in [0.2, 0.25) is 0 Å². The Morgan fingerprint density at radius 3 is 2.37 bits per heavy atom. The first-order valence-electron chi connectivity index (χ1n) is 15.8. The Morgan fingerprint density at radius 2 is 1.76 bits per heavy atom. The van der Waals surface area contributed by atoms with Crippen molar-refractivity contribution >= 4 is 29.5 Å². The number of hydrogen-bond acceptors (Lipinski definition) is 10. The third kappa shape index (κ3) is 10.6. The number of para-hydroxylation sites is 1. The van der Waals surface area contributed by atoms with Gasteiger partial charge in [-0.25, -0.2) is 9.59 Å². The van der Waals surface area contributed by atoms with E-state index >= 15 is 0 Å². The lowest BCUT2D eigenvalue weighted by Crippen LogP contribution is -2.37. The lowest BCUT2D eigenvalue weighted by molar-refractivity contribution is -0.112. The SMILES string of the molecule is COc1c(NC(=O)Oc2ccccc2)cc2c(O)c1C[C@@H](C)C[C@H](OC)[C@H](O)[C@@H](C)/C=C(\C)[C@H](OC(N)=O)[C@@H](OC)/C=C\C=C(/C)C(=O)N2. The number of benzene rings is 2. The average molecular weight is 682 g/mol. The number of primary amides is 1. The van der Waals surface area contributed by atoms with Gasteiger partial charge in [-0.15, -0.1) is 0 Å². The number of carbonyl (C=O) groups excluding carboxylic acids is 3. The molecule has 3 amide bonds. The van der Waals surface area contributed by atoms with Crippen LogP contribution < -0.4 is 25.8 Å². The number of anilines is 2. The lowest BCUT2D eigenvalue weighted by Gasteiger charge is -2.29. The van der Waals surface area contributed by atoms with E-state index in [1.54, 1.807) is 69.3 Å². The largest absolute Gasteiger partial charge is 0.505 e. The minimum Gasteiger partial charge on any atom is -0.505 e. The molecular formula is C36H47N3O10. The minimum absolute atomic E-state index is 0.0131. The summed E-state index contributed by atoms with van der Waals surface area (Å²) in [4.78, 5) is 38.1. The molecule has 1 aliphatic rings. The topological polar surface area (TPSA) is 188 Å². The maximum absolute atomic E-state index is 13.3. The maximum atomic E-state index is 13.3. The van der Waals surface area contributed by atoms with Crippen molar-refractivity contribution in [2.75, 3.05) is 32.0 Å². The van der Waals surface area contributed by atoms with Crippen LogP contribution in [-0.4, -0.2) is 74.1 Å². The summed E-state index contributed by atoms with van der Waals surface area (Å²) in [5.74, 6) is -1.01. The number of aliphatic hydroxyl groups is 1. The number of rotatable bonds is 6. The van der Waals surface area contributed by atoms with Crippen molar-refractivity contribution in [1.82, 2.24) is 0 Å². The summed E-state index contributed by atoms with van der Waals surface area (Å²) in [7, 11) is 4.33. The molecule has 2 aromatic carbocycles. The number of allylic oxidation sites excluding steroid dienone is 2. The maximum Gasteiger partial charge on any atom is 0.417 e. The summed E-state index contributed by atoms with van der Waals surface area (Å²) >= 11 is 0. The van der Waals surface area contributed by atoms with Crippen LogP contribution in [0.3, 0.4) is 0 Å². The van der Waals surface area contributed by atoms with Crippen molar-refractivity contribution in [3.8, 4) is 17.2 Å². The van der Waals surface area contributed by atoms with Gasteiger partial charge < -0.3 is 44.9 Å². The van der Waals surface area contributed by atoms with Crippen LogP contribution in [0.15, 0.2) is 71.8 Å². The molecule has 1 aliphatic heterocycles. The fraction of sp³-hybridized carbons (Fsp3) is 0.417. The van der Waals surface area contributed by atoms with Gasteiger partial charge in [-0.1, -0.05) is 56.4 Å². The summed E-state index contributed by atoms with van der Waals surface area (Å²) in [6, 6.07) is 9.84. The van der Waals surface area contributed by atoms with Crippen molar-refractivity contribution in [1.29, 1.82) is 0 Å². The zero-order valence-electron chi connectivity index (χ0n) is 28.9. The van der Waals surface area contributed by atoms with Gasteiger partial charge in [-0.05, 0) is 56.4 Å². The van der Waals surface area contributed by atoms with Gasteiger partial charge in [-0.2, -0.15) is 0 Å². The van der Waals surface area contributed by atoms with E-state index in [1.807, 2.05) is 6.92 Å². The van der Waals surface area contributed by atoms with Gasteiger partial charge >= 0.3 is 12.2 Å². The first-order chi connectivity index (χ1) is 23.3. The predicted molar refractivity (Wildman–Crippen MR) is 185 cm³/mol. The van der Waals surface area contributed by atoms with E-state index in [0.29, 0.717) is 23.3 Å². The third-order valence-electron chi connectivity index (χ3n) is 8.19. The van der Waals surface area contributed by atoms with E-state index in [4.69, 9.17) is 29.4 Å². The molecule has 0 aromatic heterocycles. The molecule has 6 atom stereocenters. The fourth-order valence-corrected chi connectivity index (χ4v) is 5.66. The van der Waals surface area contributed by atoms with Crippen LogP contribution in [0.2, 0.25) is 0 Å². The monoisotopic (exact) mass is 681 g/mol. The summed E-state index contributed by atoms with van der Waals surface area (Å²) in [6.07, 6.45) is 1.83. The molecule has 3 rings (SSSR count). The number of fused-ring (bicyclic) bond motifs is 2. The second kappa shape index (κ2) is 18.1. The number of nitrogens with one attached hydrogen (secondary N) is 2. The second-order valence-corrected chi connectivity index (χ2v) is 12.0. The first-order valence-corrected chi connectivity index (χ1v) is 15.8. The van der Waals surface area contributed by atoms with E-state index in [-0.39, 0.29) is 40.8 Å². The molecule has 266 valence electrons. The molecule has 2 aromatic rings. The number of amides is 3. The molecule has 0 radical (unpaired) electrons. The molecule has 0 saturated heterocycles. The normalized spacial score (nSPS) is 26.6. The van der Waals surface area contributed by atoms with Gasteiger partial charge in [0.25, 0.3) is 5.91 Å². The number of phenols is 1. The smallest absolute Gasteiger partial charge is 0.417 e. The van der Waals surface area contributed by atoms with Crippen molar-refractivity contribution < 1.29 is 48.3 Å². The fourth-order valence-electron chi connectivity index (χ4n) is 5.66. The molecule has 0 unspecified atom stereocenters. The Morgan fingerprint density at radius 1 is 1.06 bits per heavy atom. The van der Waals surface area contributed by atoms with Gasteiger partial charge in [0.1, 0.15) is 23.4 Å². The zero-order chi connectivity index (χ0) is 36.2. The molecule has 49 heavy (non-hydrogen) atoms. The van der Waals surface area contributed by atoms with Crippen LogP contribution in [0.4, 0.5) is 21.0 Å². The Labute approximate surface area is 286 Å². The Balaban J connectivity index is 2.13. The van der Waals surface area contributed by atoms with Gasteiger partial charge in [-0.3, -0.25) is 10.1 Å². The molecule has 13 heteroatoms. The van der Waals surface area contributed by atoms with Gasteiger partial charge in [0.15, 0.2) is 6.10 Å². The highest BCUT2D eigenvalue weighted by molar-refractivity contribution is 6.05. The summed E-state index contributed by atoms with van der Waals surface area (Å²) in [5, 5.41) is 28.2. The van der Waals surface area contributed by atoms with E-state index in [1.165, 1.54) is 33.5 Å². The van der Waals surface area contributed by atoms with Crippen molar-refractivity contribution in [3.63, 3.8) is 0 Å².